The average Bonchev–Trinajstić information content (AvgIpc) is 2.04. The number of carbonyl (C=O) groups excluding carboxylic acids is 1. The van der Waals surface area contributed by atoms with Gasteiger partial charge in [-0.1, -0.05) is 0 Å². The van der Waals surface area contributed by atoms with E-state index in [-0.39, 0.29) is 11.9 Å². The Hall–Kier alpha value is -0.610. The predicted molar refractivity (Wildman–Crippen MR) is 47.2 cm³/mol. The van der Waals surface area contributed by atoms with Gasteiger partial charge >= 0.3 is 0 Å². The maximum atomic E-state index is 11.5. The summed E-state index contributed by atoms with van der Waals surface area (Å²) < 4.78 is 0. The Kier molecular flexibility index (Phi) is 3.05. The van der Waals surface area contributed by atoms with Crippen molar-refractivity contribution in [1.82, 2.24) is 9.91 Å². The van der Waals surface area contributed by atoms with Crippen molar-refractivity contribution in [2.45, 2.75) is 25.3 Å². The summed E-state index contributed by atoms with van der Waals surface area (Å²) >= 11 is 0. The fourth-order valence-electron chi connectivity index (χ4n) is 1.52. The van der Waals surface area contributed by atoms with Gasteiger partial charge in [0.25, 0.3) is 0 Å². The first kappa shape index (κ1) is 9.48. The van der Waals surface area contributed by atoms with Crippen LogP contribution in [0, 0.1) is 0 Å². The van der Waals surface area contributed by atoms with E-state index in [1.165, 1.54) is 0 Å². The second-order valence-electron chi connectivity index (χ2n) is 3.48. The lowest BCUT2D eigenvalue weighted by Gasteiger charge is -2.32. The van der Waals surface area contributed by atoms with Crippen LogP contribution in [0.3, 0.4) is 0 Å². The summed E-state index contributed by atoms with van der Waals surface area (Å²) in [5.41, 5.74) is 0. The summed E-state index contributed by atoms with van der Waals surface area (Å²) in [5, 5.41) is 1.66. The number of piperidine rings is 1. The van der Waals surface area contributed by atoms with Crippen molar-refractivity contribution in [2.75, 3.05) is 20.6 Å². The van der Waals surface area contributed by atoms with E-state index in [4.69, 9.17) is 5.84 Å². The van der Waals surface area contributed by atoms with Gasteiger partial charge in [0.05, 0.1) is 0 Å². The molecular formula is C8H17N3O. The minimum atomic E-state index is -0.0891. The van der Waals surface area contributed by atoms with Crippen LogP contribution in [-0.4, -0.2) is 42.5 Å². The van der Waals surface area contributed by atoms with Crippen LogP contribution in [-0.2, 0) is 4.79 Å². The molecule has 1 aliphatic heterocycles. The average molecular weight is 171 g/mol. The fourth-order valence-corrected chi connectivity index (χ4v) is 1.52. The zero-order chi connectivity index (χ0) is 9.14. The van der Waals surface area contributed by atoms with Gasteiger partial charge in [-0.15, -0.1) is 0 Å². The van der Waals surface area contributed by atoms with Crippen LogP contribution in [0.25, 0.3) is 0 Å². The van der Waals surface area contributed by atoms with Gasteiger partial charge in [-0.3, -0.25) is 10.6 Å². The summed E-state index contributed by atoms with van der Waals surface area (Å²) in [6.45, 7) is 0.838. The molecule has 1 saturated heterocycles. The third-order valence-corrected chi connectivity index (χ3v) is 2.27. The molecule has 4 nitrogen and oxygen atoms in total. The number of nitrogens with zero attached hydrogens (tertiary/aromatic N) is 2. The molecule has 0 bridgehead atoms. The number of amides is 1. The van der Waals surface area contributed by atoms with Crippen molar-refractivity contribution in [3.63, 3.8) is 0 Å². The number of hydrogen-bond donors (Lipinski definition) is 1. The standard InChI is InChI=1S/C8H17N3O/c1-10(2)8(12)7-5-3-4-6-11(7)9/h7H,3-6,9H2,1-2H3. The van der Waals surface area contributed by atoms with E-state index in [0.717, 1.165) is 25.8 Å². The molecule has 1 heterocycles. The van der Waals surface area contributed by atoms with Crippen LogP contribution in [0.4, 0.5) is 0 Å². The van der Waals surface area contributed by atoms with Gasteiger partial charge in [-0.2, -0.15) is 0 Å². The largest absolute Gasteiger partial charge is 0.347 e. The molecule has 0 aromatic heterocycles. The molecule has 4 heteroatoms. The van der Waals surface area contributed by atoms with Crippen molar-refractivity contribution in [3.8, 4) is 0 Å². The lowest BCUT2D eigenvalue weighted by Crippen LogP contribution is -2.52. The molecule has 0 aromatic carbocycles. The van der Waals surface area contributed by atoms with Crippen molar-refractivity contribution in [2.24, 2.45) is 5.84 Å². The van der Waals surface area contributed by atoms with Crippen molar-refractivity contribution >= 4 is 5.91 Å². The number of carbonyl (C=O) groups is 1. The van der Waals surface area contributed by atoms with E-state index in [2.05, 4.69) is 0 Å². The zero-order valence-electron chi connectivity index (χ0n) is 7.79. The number of nitrogens with two attached hydrogens (primary N) is 1. The number of rotatable bonds is 1. The SMILES string of the molecule is CN(C)C(=O)C1CCCCN1N. The van der Waals surface area contributed by atoms with Gasteiger partial charge in [0, 0.05) is 20.6 Å². The molecule has 1 amide bonds. The smallest absolute Gasteiger partial charge is 0.240 e. The molecule has 1 fully saturated rings. The van der Waals surface area contributed by atoms with Crippen LogP contribution in [0.2, 0.25) is 0 Å². The molecule has 0 radical (unpaired) electrons. The second kappa shape index (κ2) is 3.87. The highest BCUT2D eigenvalue weighted by Gasteiger charge is 2.27. The van der Waals surface area contributed by atoms with Gasteiger partial charge in [-0.25, -0.2) is 5.01 Å². The Morgan fingerprint density at radius 3 is 2.67 bits per heavy atom. The van der Waals surface area contributed by atoms with Gasteiger partial charge in [0.1, 0.15) is 6.04 Å². The quantitative estimate of drug-likeness (QED) is 0.556. The highest BCUT2D eigenvalue weighted by Crippen LogP contribution is 2.14. The van der Waals surface area contributed by atoms with E-state index in [0.29, 0.717) is 0 Å². The van der Waals surface area contributed by atoms with E-state index in [1.807, 2.05) is 0 Å². The Morgan fingerprint density at radius 2 is 2.17 bits per heavy atom. The molecule has 2 N–H and O–H groups in total. The first-order chi connectivity index (χ1) is 5.63. The maximum absolute atomic E-state index is 11.5. The summed E-state index contributed by atoms with van der Waals surface area (Å²) in [7, 11) is 3.54. The molecule has 70 valence electrons. The lowest BCUT2D eigenvalue weighted by molar-refractivity contribution is -0.135. The molecule has 1 rings (SSSR count). The van der Waals surface area contributed by atoms with Gasteiger partial charge in [-0.05, 0) is 19.3 Å². The van der Waals surface area contributed by atoms with Crippen LogP contribution in [0.5, 0.6) is 0 Å². The van der Waals surface area contributed by atoms with Crippen molar-refractivity contribution in [3.05, 3.63) is 0 Å². The van der Waals surface area contributed by atoms with Crippen molar-refractivity contribution in [1.29, 1.82) is 0 Å². The van der Waals surface area contributed by atoms with Crippen LogP contribution in [0.15, 0.2) is 0 Å². The summed E-state index contributed by atoms with van der Waals surface area (Å²) in [6, 6.07) is -0.0891. The third kappa shape index (κ3) is 1.95. The first-order valence-corrected chi connectivity index (χ1v) is 4.35. The second-order valence-corrected chi connectivity index (χ2v) is 3.48. The molecule has 1 unspecified atom stereocenters. The number of hydrazine groups is 1. The van der Waals surface area contributed by atoms with Crippen molar-refractivity contribution < 1.29 is 4.79 Å². The monoisotopic (exact) mass is 171 g/mol. The van der Waals surface area contributed by atoms with Crippen LogP contribution < -0.4 is 5.84 Å². The fraction of sp³-hybridized carbons (Fsp3) is 0.875. The molecule has 12 heavy (non-hydrogen) atoms. The summed E-state index contributed by atoms with van der Waals surface area (Å²) in [4.78, 5) is 13.1. The topological polar surface area (TPSA) is 49.6 Å². The summed E-state index contributed by atoms with van der Waals surface area (Å²) in [5.74, 6) is 5.83. The Labute approximate surface area is 73.3 Å². The van der Waals surface area contributed by atoms with E-state index in [1.54, 1.807) is 24.0 Å². The maximum Gasteiger partial charge on any atom is 0.240 e. The van der Waals surface area contributed by atoms with Gasteiger partial charge < -0.3 is 4.90 Å². The minimum Gasteiger partial charge on any atom is -0.347 e. The molecule has 0 spiro atoms. The Balaban J connectivity index is 2.53. The van der Waals surface area contributed by atoms with E-state index >= 15 is 0 Å². The minimum absolute atomic E-state index is 0.0891. The van der Waals surface area contributed by atoms with Crippen LogP contribution >= 0.6 is 0 Å². The van der Waals surface area contributed by atoms with E-state index in [9.17, 15) is 4.79 Å². The molecule has 1 aliphatic rings. The van der Waals surface area contributed by atoms with Crippen LogP contribution in [0.1, 0.15) is 19.3 Å². The molecule has 1 atom stereocenters. The van der Waals surface area contributed by atoms with Gasteiger partial charge in [0.2, 0.25) is 5.91 Å². The number of hydrogen-bond acceptors (Lipinski definition) is 3. The van der Waals surface area contributed by atoms with Gasteiger partial charge in [0.15, 0.2) is 0 Å². The Bertz CT molecular complexity index is 170. The number of likely N-dealkylation sites (N-methyl/N-ethyl adjacent to an activating group) is 1. The molecule has 0 aromatic rings. The zero-order valence-corrected chi connectivity index (χ0v) is 7.79. The normalized spacial score (nSPS) is 25.4. The van der Waals surface area contributed by atoms with E-state index < -0.39 is 0 Å². The predicted octanol–water partition coefficient (Wildman–Crippen LogP) is -0.197. The first-order valence-electron chi connectivity index (χ1n) is 4.35. The molecule has 0 saturated carbocycles. The molecular weight excluding hydrogens is 154 g/mol. The highest BCUT2D eigenvalue weighted by molar-refractivity contribution is 5.81. The highest BCUT2D eigenvalue weighted by atomic mass is 16.2. The lowest BCUT2D eigenvalue weighted by atomic mass is 10.0. The Morgan fingerprint density at radius 1 is 1.50 bits per heavy atom. The third-order valence-electron chi connectivity index (χ3n) is 2.27. The summed E-state index contributed by atoms with van der Waals surface area (Å²) in [6.07, 6.45) is 3.11. The molecule has 0 aliphatic carbocycles.